The van der Waals surface area contributed by atoms with Gasteiger partial charge in [0.05, 0.1) is 20.8 Å². The second-order valence-corrected chi connectivity index (χ2v) is 7.51. The number of fused-ring (bicyclic) bond motifs is 1. The van der Waals surface area contributed by atoms with Crippen molar-refractivity contribution in [1.29, 1.82) is 5.26 Å². The van der Waals surface area contributed by atoms with Crippen molar-refractivity contribution < 1.29 is 9.53 Å². The first-order valence-corrected chi connectivity index (χ1v) is 9.88. The molecule has 0 unspecified atom stereocenters. The highest BCUT2D eigenvalue weighted by Crippen LogP contribution is 2.24. The van der Waals surface area contributed by atoms with E-state index in [4.69, 9.17) is 10.00 Å². The highest BCUT2D eigenvalue weighted by molar-refractivity contribution is 7.18. The summed E-state index contributed by atoms with van der Waals surface area (Å²) in [5, 5.41) is 12.9. The second-order valence-electron chi connectivity index (χ2n) is 6.39. The van der Waals surface area contributed by atoms with Gasteiger partial charge in [-0.15, -0.1) is 11.3 Å². The van der Waals surface area contributed by atoms with Crippen LogP contribution in [0.3, 0.4) is 0 Å². The summed E-state index contributed by atoms with van der Waals surface area (Å²) in [5.74, 6) is 0.119. The highest BCUT2D eigenvalue weighted by atomic mass is 32.1. The lowest BCUT2D eigenvalue weighted by Gasteiger charge is -2.09. The Hall–Kier alpha value is -3.69. The molecule has 1 aromatic heterocycles. The molecule has 1 amide bonds. The number of hydrogen-bond acceptors (Lipinski definition) is 5. The Morgan fingerprint density at radius 2 is 1.79 bits per heavy atom. The number of nitrogens with one attached hydrogen (secondary N) is 1. The van der Waals surface area contributed by atoms with Crippen LogP contribution in [0.4, 0.5) is 5.69 Å². The molecule has 0 saturated carbocycles. The fourth-order valence-corrected chi connectivity index (χ4v) is 3.90. The standard InChI is InChI=1S/C23H17N3O2S/c24-14-17-5-1-3-7-20(17)28-15-22(27)25-18-11-9-16(10-12-18)13-23-26-19-6-2-4-8-21(19)29-23/h1-12H,13,15H2,(H,25,27). The molecule has 4 aromatic rings. The smallest absolute Gasteiger partial charge is 0.262 e. The summed E-state index contributed by atoms with van der Waals surface area (Å²) in [6.45, 7) is -0.161. The first-order valence-electron chi connectivity index (χ1n) is 9.06. The van der Waals surface area contributed by atoms with E-state index in [1.165, 1.54) is 4.70 Å². The minimum Gasteiger partial charge on any atom is -0.482 e. The van der Waals surface area contributed by atoms with Crippen LogP contribution in [0.2, 0.25) is 0 Å². The lowest BCUT2D eigenvalue weighted by atomic mass is 10.1. The van der Waals surface area contributed by atoms with Gasteiger partial charge < -0.3 is 10.1 Å². The molecular formula is C23H17N3O2S. The molecule has 0 bridgehead atoms. The maximum absolute atomic E-state index is 12.1. The number of rotatable bonds is 6. The van der Waals surface area contributed by atoms with E-state index in [1.54, 1.807) is 35.6 Å². The third-order valence-electron chi connectivity index (χ3n) is 4.30. The molecule has 4 rings (SSSR count). The predicted octanol–water partition coefficient (Wildman–Crippen LogP) is 4.78. The van der Waals surface area contributed by atoms with Gasteiger partial charge in [-0.25, -0.2) is 4.98 Å². The van der Waals surface area contributed by atoms with Crippen LogP contribution in [0.15, 0.2) is 72.8 Å². The Labute approximate surface area is 172 Å². The lowest BCUT2D eigenvalue weighted by molar-refractivity contribution is -0.118. The van der Waals surface area contributed by atoms with Crippen molar-refractivity contribution in [2.75, 3.05) is 11.9 Å². The van der Waals surface area contributed by atoms with Crippen LogP contribution in [0, 0.1) is 11.3 Å². The Kier molecular flexibility index (Phi) is 5.50. The van der Waals surface area contributed by atoms with Crippen LogP contribution in [0.1, 0.15) is 16.1 Å². The average Bonchev–Trinajstić information content (AvgIpc) is 3.16. The van der Waals surface area contributed by atoms with Crippen molar-refractivity contribution in [3.63, 3.8) is 0 Å². The van der Waals surface area contributed by atoms with E-state index in [9.17, 15) is 4.79 Å². The van der Waals surface area contributed by atoms with Gasteiger partial charge in [-0.2, -0.15) is 5.26 Å². The summed E-state index contributed by atoms with van der Waals surface area (Å²) in [6, 6.07) is 24.7. The van der Waals surface area contributed by atoms with Gasteiger partial charge in [0.25, 0.3) is 5.91 Å². The number of amides is 1. The van der Waals surface area contributed by atoms with Crippen LogP contribution >= 0.6 is 11.3 Å². The minimum absolute atomic E-state index is 0.161. The van der Waals surface area contributed by atoms with Crippen molar-refractivity contribution in [2.24, 2.45) is 0 Å². The van der Waals surface area contributed by atoms with Crippen molar-refractivity contribution >= 4 is 33.1 Å². The summed E-state index contributed by atoms with van der Waals surface area (Å²) < 4.78 is 6.64. The van der Waals surface area contributed by atoms with E-state index in [2.05, 4.69) is 16.4 Å². The molecule has 0 spiro atoms. The molecule has 1 N–H and O–H groups in total. The molecule has 0 aliphatic carbocycles. The Bertz CT molecular complexity index is 1160. The Morgan fingerprint density at radius 1 is 1.03 bits per heavy atom. The summed E-state index contributed by atoms with van der Waals surface area (Å²) in [4.78, 5) is 16.8. The fraction of sp³-hybridized carbons (Fsp3) is 0.0870. The maximum Gasteiger partial charge on any atom is 0.262 e. The molecule has 5 nitrogen and oxygen atoms in total. The monoisotopic (exact) mass is 399 g/mol. The Balaban J connectivity index is 1.34. The number of hydrogen-bond donors (Lipinski definition) is 1. The van der Waals surface area contributed by atoms with Gasteiger partial charge in [0.1, 0.15) is 11.8 Å². The lowest BCUT2D eigenvalue weighted by Crippen LogP contribution is -2.20. The minimum atomic E-state index is -0.281. The van der Waals surface area contributed by atoms with Crippen LogP contribution in [-0.4, -0.2) is 17.5 Å². The van der Waals surface area contributed by atoms with Crippen LogP contribution in [-0.2, 0) is 11.2 Å². The van der Waals surface area contributed by atoms with Crippen molar-refractivity contribution in [3.05, 3.63) is 88.9 Å². The number of anilines is 1. The number of ether oxygens (including phenoxy) is 1. The zero-order valence-electron chi connectivity index (χ0n) is 15.5. The van der Waals surface area contributed by atoms with Crippen molar-refractivity contribution in [1.82, 2.24) is 4.98 Å². The van der Waals surface area contributed by atoms with E-state index >= 15 is 0 Å². The number of thiazole rings is 1. The number of nitrogens with zero attached hydrogens (tertiary/aromatic N) is 2. The Morgan fingerprint density at radius 3 is 2.59 bits per heavy atom. The number of carbonyl (C=O) groups excluding carboxylic acids is 1. The molecule has 0 radical (unpaired) electrons. The van der Waals surface area contributed by atoms with Gasteiger partial charge in [-0.05, 0) is 42.0 Å². The van der Waals surface area contributed by atoms with E-state index in [1.807, 2.05) is 48.5 Å². The third kappa shape index (κ3) is 4.60. The molecule has 0 aliphatic rings. The molecule has 6 heteroatoms. The van der Waals surface area contributed by atoms with Gasteiger partial charge in [0.2, 0.25) is 0 Å². The zero-order chi connectivity index (χ0) is 20.1. The normalized spacial score (nSPS) is 10.4. The van der Waals surface area contributed by atoms with Gasteiger partial charge in [-0.3, -0.25) is 4.79 Å². The summed E-state index contributed by atoms with van der Waals surface area (Å²) in [6.07, 6.45) is 0.752. The second kappa shape index (κ2) is 8.55. The van der Waals surface area contributed by atoms with E-state index in [0.717, 1.165) is 22.5 Å². The van der Waals surface area contributed by atoms with Crippen LogP contribution < -0.4 is 10.1 Å². The molecule has 29 heavy (non-hydrogen) atoms. The molecule has 142 valence electrons. The van der Waals surface area contributed by atoms with Crippen LogP contribution in [0.25, 0.3) is 10.2 Å². The van der Waals surface area contributed by atoms with Gasteiger partial charge >= 0.3 is 0 Å². The summed E-state index contributed by atoms with van der Waals surface area (Å²) >= 11 is 1.69. The molecule has 3 aromatic carbocycles. The summed E-state index contributed by atoms with van der Waals surface area (Å²) in [7, 11) is 0. The first-order chi connectivity index (χ1) is 14.2. The number of aromatic nitrogens is 1. The fourth-order valence-electron chi connectivity index (χ4n) is 2.90. The van der Waals surface area contributed by atoms with Crippen molar-refractivity contribution in [2.45, 2.75) is 6.42 Å². The van der Waals surface area contributed by atoms with Gasteiger partial charge in [0.15, 0.2) is 6.61 Å². The number of benzene rings is 3. The van der Waals surface area contributed by atoms with E-state index in [-0.39, 0.29) is 12.5 Å². The number of nitriles is 1. The molecule has 0 saturated heterocycles. The summed E-state index contributed by atoms with van der Waals surface area (Å²) in [5.41, 5.74) is 3.25. The SMILES string of the molecule is N#Cc1ccccc1OCC(=O)Nc1ccc(Cc2nc3ccccc3s2)cc1. The first kappa shape index (κ1) is 18.7. The number of para-hydroxylation sites is 2. The quantitative estimate of drug-likeness (QED) is 0.506. The topological polar surface area (TPSA) is 75.0 Å². The molecule has 0 atom stereocenters. The van der Waals surface area contributed by atoms with Gasteiger partial charge in [-0.1, -0.05) is 36.4 Å². The van der Waals surface area contributed by atoms with E-state index in [0.29, 0.717) is 17.0 Å². The van der Waals surface area contributed by atoms with Crippen LogP contribution in [0.5, 0.6) is 5.75 Å². The molecule has 0 fully saturated rings. The van der Waals surface area contributed by atoms with Crippen molar-refractivity contribution in [3.8, 4) is 11.8 Å². The maximum atomic E-state index is 12.1. The predicted molar refractivity (Wildman–Crippen MR) is 114 cm³/mol. The molecule has 1 heterocycles. The third-order valence-corrected chi connectivity index (χ3v) is 5.33. The van der Waals surface area contributed by atoms with E-state index < -0.39 is 0 Å². The largest absolute Gasteiger partial charge is 0.482 e. The molecule has 0 aliphatic heterocycles. The van der Waals surface area contributed by atoms with Gasteiger partial charge in [0, 0.05) is 12.1 Å². The average molecular weight is 399 g/mol. The number of carbonyl (C=O) groups is 1. The molecular weight excluding hydrogens is 382 g/mol. The zero-order valence-corrected chi connectivity index (χ0v) is 16.3. The highest BCUT2D eigenvalue weighted by Gasteiger charge is 2.08.